The molecule has 2 aromatic carbocycles. The fourth-order valence-corrected chi connectivity index (χ4v) is 4.92. The number of halogens is 1. The van der Waals surface area contributed by atoms with Crippen molar-refractivity contribution in [1.29, 1.82) is 0 Å². The predicted octanol–water partition coefficient (Wildman–Crippen LogP) is 3.95. The summed E-state index contributed by atoms with van der Waals surface area (Å²) in [5.74, 6) is -0.821. The van der Waals surface area contributed by atoms with Crippen molar-refractivity contribution in [1.82, 2.24) is 4.31 Å². The molecule has 1 N–H and O–H groups in total. The second kappa shape index (κ2) is 7.78. The van der Waals surface area contributed by atoms with E-state index in [0.29, 0.717) is 23.4 Å². The normalized spacial score (nSPS) is 18.3. The number of amides is 1. The molecule has 0 aromatic heterocycles. The number of hydrogen-bond donors (Lipinski definition) is 1. The number of nitrogens with one attached hydrogen (secondary N) is 1. The Balaban J connectivity index is 1.76. The lowest BCUT2D eigenvalue weighted by Crippen LogP contribution is -2.41. The standard InChI is InChI=1S/C20H23FN2O3S/c1-14-6-9-17(13-19(14)21)22-20(24)16-7-10-18(11-8-16)27(25,26)23-12-4-3-5-15(23)2/h6-11,13,15H,3-5,12H2,1-2H3,(H,22,24)/t15-/m0/s1. The van der Waals surface area contributed by atoms with Crippen LogP contribution in [0, 0.1) is 12.7 Å². The Morgan fingerprint density at radius 3 is 2.48 bits per heavy atom. The summed E-state index contributed by atoms with van der Waals surface area (Å²) in [4.78, 5) is 12.5. The Morgan fingerprint density at radius 2 is 1.85 bits per heavy atom. The molecule has 0 spiro atoms. The third-order valence-electron chi connectivity index (χ3n) is 4.89. The van der Waals surface area contributed by atoms with Crippen LogP contribution in [0.4, 0.5) is 10.1 Å². The monoisotopic (exact) mass is 390 g/mol. The highest BCUT2D eigenvalue weighted by molar-refractivity contribution is 7.89. The number of sulfonamides is 1. The molecular weight excluding hydrogens is 367 g/mol. The zero-order chi connectivity index (χ0) is 19.6. The number of carbonyl (C=O) groups is 1. The summed E-state index contributed by atoms with van der Waals surface area (Å²) >= 11 is 0. The molecule has 1 heterocycles. The number of anilines is 1. The average molecular weight is 390 g/mol. The van der Waals surface area contributed by atoms with E-state index in [0.717, 1.165) is 19.3 Å². The molecule has 0 saturated carbocycles. The minimum Gasteiger partial charge on any atom is -0.322 e. The second-order valence-corrected chi connectivity index (χ2v) is 8.79. The van der Waals surface area contributed by atoms with Gasteiger partial charge in [0.25, 0.3) is 5.91 Å². The van der Waals surface area contributed by atoms with Crippen LogP contribution in [0.25, 0.3) is 0 Å². The summed E-state index contributed by atoms with van der Waals surface area (Å²) in [6, 6.07) is 10.3. The Labute approximate surface area is 159 Å². The number of benzene rings is 2. The Hall–Kier alpha value is -2.25. The SMILES string of the molecule is Cc1ccc(NC(=O)c2ccc(S(=O)(=O)N3CCCC[C@@H]3C)cc2)cc1F. The zero-order valence-electron chi connectivity index (χ0n) is 15.4. The van der Waals surface area contributed by atoms with Crippen LogP contribution in [0.15, 0.2) is 47.4 Å². The third kappa shape index (κ3) is 4.20. The highest BCUT2D eigenvalue weighted by Crippen LogP contribution is 2.25. The van der Waals surface area contributed by atoms with Crippen molar-refractivity contribution in [2.24, 2.45) is 0 Å². The maximum absolute atomic E-state index is 13.6. The van der Waals surface area contributed by atoms with Crippen LogP contribution < -0.4 is 5.32 Å². The predicted molar refractivity (Wildman–Crippen MR) is 103 cm³/mol. The summed E-state index contributed by atoms with van der Waals surface area (Å²) in [6.45, 7) is 4.08. The molecule has 1 aliphatic rings. The summed E-state index contributed by atoms with van der Waals surface area (Å²) in [6.07, 6.45) is 2.75. The van der Waals surface area contributed by atoms with E-state index >= 15 is 0 Å². The van der Waals surface area contributed by atoms with Gasteiger partial charge in [-0.3, -0.25) is 4.79 Å². The highest BCUT2D eigenvalue weighted by atomic mass is 32.2. The molecule has 5 nitrogen and oxygen atoms in total. The summed E-state index contributed by atoms with van der Waals surface area (Å²) in [7, 11) is -3.57. The first-order valence-corrected chi connectivity index (χ1v) is 10.4. The minimum atomic E-state index is -3.57. The van der Waals surface area contributed by atoms with Crippen LogP contribution in [0.3, 0.4) is 0 Å². The van der Waals surface area contributed by atoms with Crippen molar-refractivity contribution in [2.45, 2.75) is 44.0 Å². The molecule has 0 radical (unpaired) electrons. The number of hydrogen-bond acceptors (Lipinski definition) is 3. The van der Waals surface area contributed by atoms with E-state index in [1.165, 1.54) is 34.6 Å². The van der Waals surface area contributed by atoms with Gasteiger partial charge in [-0.25, -0.2) is 12.8 Å². The molecular formula is C20H23FN2O3S. The van der Waals surface area contributed by atoms with Gasteiger partial charge in [0.1, 0.15) is 5.82 Å². The Kier molecular flexibility index (Phi) is 5.62. The molecule has 1 aliphatic heterocycles. The van der Waals surface area contributed by atoms with Gasteiger partial charge in [-0.05, 0) is 68.7 Å². The van der Waals surface area contributed by atoms with Crippen molar-refractivity contribution >= 4 is 21.6 Å². The molecule has 1 saturated heterocycles. The number of rotatable bonds is 4. The summed E-state index contributed by atoms with van der Waals surface area (Å²) in [5, 5.41) is 2.62. The number of piperidine rings is 1. The van der Waals surface area contributed by atoms with Crippen molar-refractivity contribution < 1.29 is 17.6 Å². The maximum atomic E-state index is 13.6. The van der Waals surface area contributed by atoms with E-state index in [4.69, 9.17) is 0 Å². The first-order chi connectivity index (χ1) is 12.8. The molecule has 1 fully saturated rings. The molecule has 1 amide bonds. The van der Waals surface area contributed by atoms with Gasteiger partial charge >= 0.3 is 0 Å². The van der Waals surface area contributed by atoms with E-state index in [1.807, 2.05) is 6.92 Å². The lowest BCUT2D eigenvalue weighted by molar-refractivity contribution is 0.102. The van der Waals surface area contributed by atoms with E-state index < -0.39 is 21.7 Å². The minimum absolute atomic E-state index is 0.0249. The number of carbonyl (C=O) groups excluding carboxylic acids is 1. The van der Waals surface area contributed by atoms with Crippen LogP contribution >= 0.6 is 0 Å². The molecule has 0 bridgehead atoms. The van der Waals surface area contributed by atoms with Gasteiger partial charge in [-0.15, -0.1) is 0 Å². The van der Waals surface area contributed by atoms with Crippen LogP contribution in [-0.2, 0) is 10.0 Å². The van der Waals surface area contributed by atoms with Gasteiger partial charge in [-0.2, -0.15) is 4.31 Å². The first-order valence-electron chi connectivity index (χ1n) is 8.98. The topological polar surface area (TPSA) is 66.5 Å². The molecule has 27 heavy (non-hydrogen) atoms. The van der Waals surface area contributed by atoms with Crippen molar-refractivity contribution in [3.05, 3.63) is 59.4 Å². The van der Waals surface area contributed by atoms with Crippen LogP contribution in [0.2, 0.25) is 0 Å². The highest BCUT2D eigenvalue weighted by Gasteiger charge is 2.30. The second-order valence-electron chi connectivity index (χ2n) is 6.90. The number of nitrogens with zero attached hydrogens (tertiary/aromatic N) is 1. The average Bonchev–Trinajstić information content (AvgIpc) is 2.65. The van der Waals surface area contributed by atoms with Gasteiger partial charge in [0.2, 0.25) is 10.0 Å². The van der Waals surface area contributed by atoms with Crippen molar-refractivity contribution in [3.63, 3.8) is 0 Å². The van der Waals surface area contributed by atoms with E-state index in [1.54, 1.807) is 19.1 Å². The Morgan fingerprint density at radius 1 is 1.15 bits per heavy atom. The lowest BCUT2D eigenvalue weighted by Gasteiger charge is -2.32. The van der Waals surface area contributed by atoms with Gasteiger partial charge in [-0.1, -0.05) is 12.5 Å². The molecule has 0 aliphatic carbocycles. The smallest absolute Gasteiger partial charge is 0.255 e. The maximum Gasteiger partial charge on any atom is 0.255 e. The first kappa shape index (κ1) is 19.5. The molecule has 144 valence electrons. The van der Waals surface area contributed by atoms with Gasteiger partial charge in [0.15, 0.2) is 0 Å². The van der Waals surface area contributed by atoms with Crippen LogP contribution in [-0.4, -0.2) is 31.2 Å². The quantitative estimate of drug-likeness (QED) is 0.860. The van der Waals surface area contributed by atoms with E-state index in [-0.39, 0.29) is 10.9 Å². The summed E-state index contributed by atoms with van der Waals surface area (Å²) in [5.41, 5.74) is 1.15. The molecule has 7 heteroatoms. The third-order valence-corrected chi connectivity index (χ3v) is 6.92. The van der Waals surface area contributed by atoms with E-state index in [2.05, 4.69) is 5.32 Å². The molecule has 1 atom stereocenters. The Bertz CT molecular complexity index is 942. The molecule has 0 unspecified atom stereocenters. The molecule has 2 aromatic rings. The summed E-state index contributed by atoms with van der Waals surface area (Å²) < 4.78 is 40.8. The van der Waals surface area contributed by atoms with Crippen LogP contribution in [0.5, 0.6) is 0 Å². The molecule has 3 rings (SSSR count). The number of aryl methyl sites for hydroxylation is 1. The van der Waals surface area contributed by atoms with Crippen molar-refractivity contribution in [3.8, 4) is 0 Å². The van der Waals surface area contributed by atoms with Gasteiger partial charge in [0, 0.05) is 23.8 Å². The zero-order valence-corrected chi connectivity index (χ0v) is 16.2. The fourth-order valence-electron chi connectivity index (χ4n) is 3.22. The van der Waals surface area contributed by atoms with Gasteiger partial charge < -0.3 is 5.32 Å². The lowest BCUT2D eigenvalue weighted by atomic mass is 10.1. The van der Waals surface area contributed by atoms with Crippen LogP contribution in [0.1, 0.15) is 42.1 Å². The largest absolute Gasteiger partial charge is 0.322 e. The van der Waals surface area contributed by atoms with Gasteiger partial charge in [0.05, 0.1) is 4.90 Å². The van der Waals surface area contributed by atoms with Crippen molar-refractivity contribution in [2.75, 3.05) is 11.9 Å². The van der Waals surface area contributed by atoms with E-state index in [9.17, 15) is 17.6 Å². The fraction of sp³-hybridized carbons (Fsp3) is 0.350.